The quantitative estimate of drug-likeness (QED) is 0.488. The molecule has 1 aliphatic carbocycles. The second-order valence-electron chi connectivity index (χ2n) is 4.30. The Labute approximate surface area is 82.3 Å². The summed E-state index contributed by atoms with van der Waals surface area (Å²) >= 11 is 0. The van der Waals surface area contributed by atoms with Gasteiger partial charge in [0.2, 0.25) is 0 Å². The summed E-state index contributed by atoms with van der Waals surface area (Å²) in [6.45, 7) is 4.61. The van der Waals surface area contributed by atoms with E-state index in [1.54, 1.807) is 0 Å². The van der Waals surface area contributed by atoms with Crippen molar-refractivity contribution < 1.29 is 0 Å². The fraction of sp³-hybridized carbons (Fsp3) is 0.833. The first-order valence-corrected chi connectivity index (χ1v) is 5.43. The third-order valence-corrected chi connectivity index (χ3v) is 2.91. The molecule has 1 nitrogen and oxygen atoms in total. The summed E-state index contributed by atoms with van der Waals surface area (Å²) in [7, 11) is 0. The van der Waals surface area contributed by atoms with Gasteiger partial charge in [0.1, 0.15) is 0 Å². The molecule has 0 amide bonds. The highest BCUT2D eigenvalue weighted by Crippen LogP contribution is 2.22. The molecule has 1 fully saturated rings. The zero-order chi connectivity index (χ0) is 9.68. The van der Waals surface area contributed by atoms with Gasteiger partial charge in [-0.3, -0.25) is 0 Å². The van der Waals surface area contributed by atoms with Crippen LogP contribution in [0.2, 0.25) is 0 Å². The van der Waals surface area contributed by atoms with Gasteiger partial charge in [-0.2, -0.15) is 0 Å². The fourth-order valence-corrected chi connectivity index (χ4v) is 1.56. The van der Waals surface area contributed by atoms with Crippen LogP contribution in [0.25, 0.3) is 0 Å². The first-order valence-electron chi connectivity index (χ1n) is 5.43. The van der Waals surface area contributed by atoms with Crippen molar-refractivity contribution in [1.82, 2.24) is 5.32 Å². The molecule has 0 aromatic carbocycles. The van der Waals surface area contributed by atoms with Crippen LogP contribution in [0, 0.1) is 18.3 Å². The van der Waals surface area contributed by atoms with Crippen LogP contribution in [0.1, 0.15) is 46.0 Å². The van der Waals surface area contributed by atoms with E-state index in [1.807, 2.05) is 0 Å². The van der Waals surface area contributed by atoms with Gasteiger partial charge in [-0.15, -0.1) is 12.3 Å². The number of nitrogens with one attached hydrogen (secondary N) is 1. The molecule has 1 saturated carbocycles. The van der Waals surface area contributed by atoms with Crippen LogP contribution < -0.4 is 5.32 Å². The summed E-state index contributed by atoms with van der Waals surface area (Å²) in [6.07, 6.45) is 11.3. The van der Waals surface area contributed by atoms with Crippen LogP contribution in [-0.2, 0) is 0 Å². The Morgan fingerprint density at radius 2 is 2.15 bits per heavy atom. The van der Waals surface area contributed by atoms with Crippen molar-refractivity contribution in [3.8, 4) is 12.3 Å². The minimum Gasteiger partial charge on any atom is -0.311 e. The SMILES string of the molecule is C#CCCCC(C)C(C)NC1CC1. The Morgan fingerprint density at radius 1 is 1.46 bits per heavy atom. The van der Waals surface area contributed by atoms with Crippen molar-refractivity contribution in [3.63, 3.8) is 0 Å². The highest BCUT2D eigenvalue weighted by Gasteiger charge is 2.24. The van der Waals surface area contributed by atoms with Gasteiger partial charge in [0, 0.05) is 18.5 Å². The Balaban J connectivity index is 2.06. The van der Waals surface area contributed by atoms with E-state index in [0.717, 1.165) is 18.4 Å². The van der Waals surface area contributed by atoms with Crippen molar-refractivity contribution >= 4 is 0 Å². The molecule has 1 rings (SSSR count). The average Bonchev–Trinajstić information content (AvgIpc) is 2.88. The molecule has 1 aliphatic rings. The fourth-order valence-electron chi connectivity index (χ4n) is 1.56. The van der Waals surface area contributed by atoms with Crippen molar-refractivity contribution in [2.24, 2.45) is 5.92 Å². The molecule has 0 spiro atoms. The predicted molar refractivity (Wildman–Crippen MR) is 57.5 cm³/mol. The van der Waals surface area contributed by atoms with E-state index in [9.17, 15) is 0 Å². The standard InChI is InChI=1S/C12H21N/c1-4-5-6-7-10(2)11(3)13-12-8-9-12/h1,10-13H,5-9H2,2-3H3. The molecule has 0 radical (unpaired) electrons. The molecule has 1 N–H and O–H groups in total. The van der Waals surface area contributed by atoms with Crippen LogP contribution >= 0.6 is 0 Å². The van der Waals surface area contributed by atoms with E-state index in [-0.39, 0.29) is 0 Å². The molecule has 13 heavy (non-hydrogen) atoms. The molecule has 0 saturated heterocycles. The molecular formula is C12H21N. The average molecular weight is 179 g/mol. The topological polar surface area (TPSA) is 12.0 Å². The maximum Gasteiger partial charge on any atom is 0.00861 e. The van der Waals surface area contributed by atoms with Gasteiger partial charge in [-0.05, 0) is 38.5 Å². The van der Waals surface area contributed by atoms with E-state index in [2.05, 4.69) is 25.1 Å². The first kappa shape index (κ1) is 10.6. The first-order chi connectivity index (χ1) is 6.24. The summed E-state index contributed by atoms with van der Waals surface area (Å²) in [5.74, 6) is 3.45. The molecule has 0 bridgehead atoms. The summed E-state index contributed by atoms with van der Waals surface area (Å²) in [5, 5.41) is 3.63. The van der Waals surface area contributed by atoms with Gasteiger partial charge in [0.15, 0.2) is 0 Å². The lowest BCUT2D eigenvalue weighted by Crippen LogP contribution is -2.33. The van der Waals surface area contributed by atoms with Gasteiger partial charge in [-0.1, -0.05) is 6.92 Å². The van der Waals surface area contributed by atoms with Crippen molar-refractivity contribution in [2.75, 3.05) is 0 Å². The lowest BCUT2D eigenvalue weighted by molar-refractivity contribution is 0.371. The van der Waals surface area contributed by atoms with Gasteiger partial charge >= 0.3 is 0 Å². The normalized spacial score (nSPS) is 20.7. The minimum absolute atomic E-state index is 0.658. The van der Waals surface area contributed by atoms with Crippen molar-refractivity contribution in [2.45, 2.75) is 58.0 Å². The Kier molecular flexibility index (Phi) is 4.32. The van der Waals surface area contributed by atoms with E-state index in [4.69, 9.17) is 6.42 Å². The smallest absolute Gasteiger partial charge is 0.00861 e. The van der Waals surface area contributed by atoms with Gasteiger partial charge in [0.25, 0.3) is 0 Å². The monoisotopic (exact) mass is 179 g/mol. The van der Waals surface area contributed by atoms with Crippen molar-refractivity contribution in [3.05, 3.63) is 0 Å². The van der Waals surface area contributed by atoms with E-state index in [0.29, 0.717) is 6.04 Å². The lowest BCUT2D eigenvalue weighted by Gasteiger charge is -2.20. The Hall–Kier alpha value is -0.480. The molecule has 0 aliphatic heterocycles. The maximum atomic E-state index is 5.22. The van der Waals surface area contributed by atoms with Gasteiger partial charge in [0.05, 0.1) is 0 Å². The molecule has 0 aromatic rings. The van der Waals surface area contributed by atoms with E-state index >= 15 is 0 Å². The summed E-state index contributed by atoms with van der Waals surface area (Å²) in [6, 6.07) is 1.48. The maximum absolute atomic E-state index is 5.22. The lowest BCUT2D eigenvalue weighted by atomic mass is 9.97. The summed E-state index contributed by atoms with van der Waals surface area (Å²) in [5.41, 5.74) is 0. The molecule has 74 valence electrons. The Bertz CT molecular complexity index is 176. The van der Waals surface area contributed by atoms with Crippen LogP contribution in [-0.4, -0.2) is 12.1 Å². The minimum atomic E-state index is 0.658. The van der Waals surface area contributed by atoms with Gasteiger partial charge in [-0.25, -0.2) is 0 Å². The molecule has 1 heteroatoms. The number of hydrogen-bond acceptors (Lipinski definition) is 1. The molecule has 2 unspecified atom stereocenters. The summed E-state index contributed by atoms with van der Waals surface area (Å²) in [4.78, 5) is 0. The molecule has 0 aromatic heterocycles. The highest BCUT2D eigenvalue weighted by atomic mass is 15.0. The third kappa shape index (κ3) is 4.33. The Morgan fingerprint density at radius 3 is 2.69 bits per heavy atom. The number of terminal acetylenes is 1. The van der Waals surface area contributed by atoms with Crippen LogP contribution in [0.5, 0.6) is 0 Å². The van der Waals surface area contributed by atoms with Gasteiger partial charge < -0.3 is 5.32 Å². The summed E-state index contributed by atoms with van der Waals surface area (Å²) < 4.78 is 0. The molecular weight excluding hydrogens is 158 g/mol. The highest BCUT2D eigenvalue weighted by molar-refractivity contribution is 4.86. The second kappa shape index (κ2) is 5.29. The second-order valence-corrected chi connectivity index (χ2v) is 4.30. The number of unbranched alkanes of at least 4 members (excludes halogenated alkanes) is 1. The zero-order valence-electron chi connectivity index (χ0n) is 8.84. The van der Waals surface area contributed by atoms with Crippen molar-refractivity contribution in [1.29, 1.82) is 0 Å². The number of hydrogen-bond donors (Lipinski definition) is 1. The number of rotatable bonds is 6. The van der Waals surface area contributed by atoms with E-state index in [1.165, 1.54) is 25.7 Å². The van der Waals surface area contributed by atoms with Crippen LogP contribution in [0.15, 0.2) is 0 Å². The van der Waals surface area contributed by atoms with Crippen LogP contribution in [0.3, 0.4) is 0 Å². The molecule has 2 atom stereocenters. The molecule has 0 heterocycles. The largest absolute Gasteiger partial charge is 0.311 e. The third-order valence-electron chi connectivity index (χ3n) is 2.91. The zero-order valence-corrected chi connectivity index (χ0v) is 8.84. The van der Waals surface area contributed by atoms with E-state index < -0.39 is 0 Å². The predicted octanol–water partition coefficient (Wildman–Crippen LogP) is 2.57. The van der Waals surface area contributed by atoms with Crippen LogP contribution in [0.4, 0.5) is 0 Å².